The van der Waals surface area contributed by atoms with Crippen molar-refractivity contribution in [2.45, 2.75) is 0 Å². The number of nitrogens with zero attached hydrogens (tertiary/aromatic N) is 2. The van der Waals surface area contributed by atoms with Gasteiger partial charge in [0.2, 0.25) is 0 Å². The van der Waals surface area contributed by atoms with Gasteiger partial charge in [-0.1, -0.05) is 6.07 Å². The van der Waals surface area contributed by atoms with Crippen molar-refractivity contribution in [2.75, 3.05) is 44.9 Å². The van der Waals surface area contributed by atoms with E-state index in [4.69, 9.17) is 5.73 Å². The van der Waals surface area contributed by atoms with E-state index >= 15 is 0 Å². The maximum atomic E-state index is 5.72. The average Bonchev–Trinajstić information content (AvgIpc) is 2.14. The Labute approximate surface area is 86.1 Å². The summed E-state index contributed by atoms with van der Waals surface area (Å²) in [4.78, 5) is 4.37. The van der Waals surface area contributed by atoms with E-state index in [0.717, 1.165) is 18.8 Å². The Morgan fingerprint density at radius 2 is 1.86 bits per heavy atom. The van der Waals surface area contributed by atoms with E-state index in [0.29, 0.717) is 0 Å². The summed E-state index contributed by atoms with van der Waals surface area (Å²) in [5.74, 6) is 0. The fraction of sp³-hybridized carbons (Fsp3) is 0.455. The molecule has 1 aromatic carbocycles. The van der Waals surface area contributed by atoms with Gasteiger partial charge in [-0.05, 0) is 32.3 Å². The van der Waals surface area contributed by atoms with Crippen molar-refractivity contribution in [1.82, 2.24) is 4.90 Å². The van der Waals surface area contributed by atoms with Crippen LogP contribution in [0, 0.1) is 0 Å². The molecule has 0 saturated carbocycles. The summed E-state index contributed by atoms with van der Waals surface area (Å²) in [5.41, 5.74) is 7.71. The van der Waals surface area contributed by atoms with Crippen LogP contribution in [0.4, 0.5) is 11.4 Å². The van der Waals surface area contributed by atoms with Crippen LogP contribution < -0.4 is 10.6 Å². The molecule has 0 aromatic heterocycles. The number of nitrogens with two attached hydrogens (primary N) is 1. The standard InChI is InChI=1S/C11H19N3/c1-13(2)7-8-14(3)11-6-4-5-10(12)9-11/h4-6,9H,7-8,12H2,1-3H3. The third-order valence-corrected chi connectivity index (χ3v) is 2.19. The minimum atomic E-state index is 0.819. The molecule has 1 rings (SSSR count). The van der Waals surface area contributed by atoms with Gasteiger partial charge in [0, 0.05) is 31.5 Å². The summed E-state index contributed by atoms with van der Waals surface area (Å²) in [5, 5.41) is 0. The molecule has 0 aliphatic heterocycles. The Morgan fingerprint density at radius 3 is 2.43 bits per heavy atom. The molecule has 0 aliphatic rings. The first kappa shape index (κ1) is 10.9. The smallest absolute Gasteiger partial charge is 0.0384 e. The molecular weight excluding hydrogens is 174 g/mol. The number of likely N-dealkylation sites (N-methyl/N-ethyl adjacent to an activating group) is 2. The first-order valence-corrected chi connectivity index (χ1v) is 4.81. The fourth-order valence-electron chi connectivity index (χ4n) is 1.24. The maximum absolute atomic E-state index is 5.72. The largest absolute Gasteiger partial charge is 0.399 e. The molecule has 0 saturated heterocycles. The lowest BCUT2D eigenvalue weighted by Gasteiger charge is -2.21. The van der Waals surface area contributed by atoms with Crippen molar-refractivity contribution in [3.05, 3.63) is 24.3 Å². The van der Waals surface area contributed by atoms with Gasteiger partial charge in [0.1, 0.15) is 0 Å². The molecule has 14 heavy (non-hydrogen) atoms. The van der Waals surface area contributed by atoms with E-state index < -0.39 is 0 Å². The number of hydrogen-bond donors (Lipinski definition) is 1. The molecule has 0 aliphatic carbocycles. The highest BCUT2D eigenvalue weighted by atomic mass is 15.1. The monoisotopic (exact) mass is 193 g/mol. The predicted octanol–water partition coefficient (Wildman–Crippen LogP) is 1.27. The molecule has 0 unspecified atom stereocenters. The van der Waals surface area contributed by atoms with Gasteiger partial charge < -0.3 is 15.5 Å². The van der Waals surface area contributed by atoms with Gasteiger partial charge in [0.05, 0.1) is 0 Å². The summed E-state index contributed by atoms with van der Waals surface area (Å²) in [6.07, 6.45) is 0. The summed E-state index contributed by atoms with van der Waals surface area (Å²) >= 11 is 0. The van der Waals surface area contributed by atoms with Crippen LogP contribution in [0.3, 0.4) is 0 Å². The van der Waals surface area contributed by atoms with Crippen molar-refractivity contribution >= 4 is 11.4 Å². The molecular formula is C11H19N3. The van der Waals surface area contributed by atoms with Gasteiger partial charge in [-0.25, -0.2) is 0 Å². The van der Waals surface area contributed by atoms with Gasteiger partial charge in [-0.3, -0.25) is 0 Å². The van der Waals surface area contributed by atoms with Gasteiger partial charge in [0.25, 0.3) is 0 Å². The highest BCUT2D eigenvalue weighted by Gasteiger charge is 2.00. The van der Waals surface area contributed by atoms with E-state index in [-0.39, 0.29) is 0 Å². The van der Waals surface area contributed by atoms with Crippen LogP contribution in [0.5, 0.6) is 0 Å². The zero-order valence-electron chi connectivity index (χ0n) is 9.20. The summed E-state index contributed by atoms with van der Waals surface area (Å²) in [7, 11) is 6.23. The van der Waals surface area contributed by atoms with Crippen LogP contribution in [-0.2, 0) is 0 Å². The van der Waals surface area contributed by atoms with Gasteiger partial charge in [0.15, 0.2) is 0 Å². The van der Waals surface area contributed by atoms with Gasteiger partial charge in [-0.2, -0.15) is 0 Å². The van der Waals surface area contributed by atoms with Crippen LogP contribution in [0.15, 0.2) is 24.3 Å². The van der Waals surface area contributed by atoms with Crippen molar-refractivity contribution in [2.24, 2.45) is 0 Å². The first-order valence-electron chi connectivity index (χ1n) is 4.81. The molecule has 2 N–H and O–H groups in total. The zero-order valence-corrected chi connectivity index (χ0v) is 9.20. The van der Waals surface area contributed by atoms with E-state index in [1.165, 1.54) is 5.69 Å². The maximum Gasteiger partial charge on any atom is 0.0384 e. The lowest BCUT2D eigenvalue weighted by molar-refractivity contribution is 0.416. The van der Waals surface area contributed by atoms with Crippen LogP contribution in [-0.4, -0.2) is 39.1 Å². The van der Waals surface area contributed by atoms with Crippen molar-refractivity contribution in [3.8, 4) is 0 Å². The van der Waals surface area contributed by atoms with Crippen molar-refractivity contribution in [3.63, 3.8) is 0 Å². The predicted molar refractivity (Wildman–Crippen MR) is 62.7 cm³/mol. The van der Waals surface area contributed by atoms with E-state index in [1.54, 1.807) is 0 Å². The lowest BCUT2D eigenvalue weighted by atomic mass is 10.2. The molecule has 3 heteroatoms. The number of hydrogen-bond acceptors (Lipinski definition) is 3. The number of benzene rings is 1. The fourth-order valence-corrected chi connectivity index (χ4v) is 1.24. The molecule has 0 fully saturated rings. The highest BCUT2D eigenvalue weighted by Crippen LogP contribution is 2.15. The highest BCUT2D eigenvalue weighted by molar-refractivity contribution is 5.55. The van der Waals surface area contributed by atoms with E-state index in [2.05, 4.69) is 37.0 Å². The molecule has 0 bridgehead atoms. The Bertz CT molecular complexity index is 284. The molecule has 0 heterocycles. The summed E-state index contributed by atoms with van der Waals surface area (Å²) < 4.78 is 0. The molecule has 0 spiro atoms. The van der Waals surface area contributed by atoms with E-state index in [1.807, 2.05) is 18.2 Å². The van der Waals surface area contributed by atoms with Crippen LogP contribution in [0.1, 0.15) is 0 Å². The third kappa shape index (κ3) is 3.26. The quantitative estimate of drug-likeness (QED) is 0.731. The molecule has 0 radical (unpaired) electrons. The van der Waals surface area contributed by atoms with Crippen molar-refractivity contribution < 1.29 is 0 Å². The summed E-state index contributed by atoms with van der Waals surface area (Å²) in [6.45, 7) is 2.06. The zero-order chi connectivity index (χ0) is 10.6. The van der Waals surface area contributed by atoms with Crippen LogP contribution in [0.25, 0.3) is 0 Å². The summed E-state index contributed by atoms with van der Waals surface area (Å²) in [6, 6.07) is 7.96. The molecule has 0 amide bonds. The normalized spacial score (nSPS) is 10.6. The third-order valence-electron chi connectivity index (χ3n) is 2.19. The van der Waals surface area contributed by atoms with Crippen LogP contribution >= 0.6 is 0 Å². The van der Waals surface area contributed by atoms with Gasteiger partial charge >= 0.3 is 0 Å². The number of anilines is 2. The minimum Gasteiger partial charge on any atom is -0.399 e. The Hall–Kier alpha value is -1.22. The van der Waals surface area contributed by atoms with E-state index in [9.17, 15) is 0 Å². The van der Waals surface area contributed by atoms with Crippen LogP contribution in [0.2, 0.25) is 0 Å². The Balaban J connectivity index is 2.56. The number of nitrogen functional groups attached to an aromatic ring is 1. The average molecular weight is 193 g/mol. The lowest BCUT2D eigenvalue weighted by Crippen LogP contribution is -2.28. The topological polar surface area (TPSA) is 32.5 Å². The Morgan fingerprint density at radius 1 is 1.14 bits per heavy atom. The molecule has 1 aromatic rings. The molecule has 3 nitrogen and oxygen atoms in total. The second-order valence-electron chi connectivity index (χ2n) is 3.82. The first-order chi connectivity index (χ1) is 6.59. The second-order valence-corrected chi connectivity index (χ2v) is 3.82. The Kier molecular flexibility index (Phi) is 3.77. The minimum absolute atomic E-state index is 0.819. The molecule has 78 valence electrons. The second kappa shape index (κ2) is 4.86. The van der Waals surface area contributed by atoms with Gasteiger partial charge in [-0.15, -0.1) is 0 Å². The SMILES string of the molecule is CN(C)CCN(C)c1cccc(N)c1. The number of rotatable bonds is 4. The van der Waals surface area contributed by atoms with Crippen molar-refractivity contribution in [1.29, 1.82) is 0 Å². The molecule has 0 atom stereocenters.